The first-order chi connectivity index (χ1) is 41.0. The zero-order chi connectivity index (χ0) is 59.9. The molecule has 460 valence electrons. The van der Waals surface area contributed by atoms with Gasteiger partial charge in [-0.2, -0.15) is 0 Å². The van der Waals surface area contributed by atoms with Gasteiger partial charge in [-0.3, -0.25) is 14.4 Å². The van der Waals surface area contributed by atoms with Crippen molar-refractivity contribution in [2.45, 2.75) is 245 Å². The fourth-order valence-electron chi connectivity index (χ4n) is 8.01. The van der Waals surface area contributed by atoms with Crippen molar-refractivity contribution in [2.75, 3.05) is 13.2 Å². The van der Waals surface area contributed by atoms with Gasteiger partial charge in [-0.1, -0.05) is 266 Å². The quantitative estimate of drug-likeness (QED) is 0.0261. The highest BCUT2D eigenvalue weighted by Gasteiger charge is 2.19. The number of hydrogen-bond acceptors (Lipinski definition) is 6. The lowest BCUT2D eigenvalue weighted by atomic mass is 10.1. The average molecular weight is 1140 g/mol. The topological polar surface area (TPSA) is 78.9 Å². The van der Waals surface area contributed by atoms with Gasteiger partial charge in [-0.05, 0) is 161 Å². The molecule has 0 aliphatic rings. The molecule has 0 fully saturated rings. The highest BCUT2D eigenvalue weighted by molar-refractivity contribution is 5.71. The van der Waals surface area contributed by atoms with Gasteiger partial charge in [0, 0.05) is 19.3 Å². The Labute approximate surface area is 509 Å². The van der Waals surface area contributed by atoms with Crippen molar-refractivity contribution in [1.82, 2.24) is 0 Å². The zero-order valence-electron chi connectivity index (χ0n) is 52.6. The Balaban J connectivity index is 4.55. The normalized spacial score (nSPS) is 13.5. The number of esters is 3. The largest absolute Gasteiger partial charge is 0.462 e. The van der Waals surface area contributed by atoms with Gasteiger partial charge in [0.2, 0.25) is 0 Å². The van der Waals surface area contributed by atoms with Gasteiger partial charge >= 0.3 is 17.9 Å². The summed E-state index contributed by atoms with van der Waals surface area (Å²) in [6, 6.07) is 0. The number of carbonyl (C=O) groups excluding carboxylic acids is 3. The Morgan fingerprint density at radius 1 is 0.241 bits per heavy atom. The summed E-state index contributed by atoms with van der Waals surface area (Å²) in [5, 5.41) is 0. The van der Waals surface area contributed by atoms with Crippen molar-refractivity contribution >= 4 is 17.9 Å². The molecule has 0 radical (unpaired) electrons. The Morgan fingerprint density at radius 3 is 0.735 bits per heavy atom. The first kappa shape index (κ1) is 77.0. The summed E-state index contributed by atoms with van der Waals surface area (Å²) in [5.74, 6) is -1.05. The van der Waals surface area contributed by atoms with Crippen molar-refractivity contribution < 1.29 is 28.6 Å². The third kappa shape index (κ3) is 66.7. The van der Waals surface area contributed by atoms with Gasteiger partial charge in [0.1, 0.15) is 13.2 Å². The van der Waals surface area contributed by atoms with E-state index in [0.717, 1.165) is 154 Å². The maximum atomic E-state index is 12.9. The van der Waals surface area contributed by atoms with Crippen LogP contribution in [0.4, 0.5) is 0 Å². The first-order valence-electron chi connectivity index (χ1n) is 32.6. The predicted octanol–water partition coefficient (Wildman–Crippen LogP) is 22.8. The van der Waals surface area contributed by atoms with Crippen molar-refractivity contribution in [3.05, 3.63) is 207 Å². The summed E-state index contributed by atoms with van der Waals surface area (Å²) in [5.41, 5.74) is 0. The molecule has 0 saturated heterocycles. The SMILES string of the molecule is CC/C=C\C/C=C\C/C=C\C/C=C\C/C=C\C/C=C\C/C=C\CCCC(=O)OC(COC(=O)CCCC/C=C\C/C=C\C/C=C\C/C=C\CC)COC(=O)CCCCCCCCCC/C=C\C/C=C\C/C=C\C/C=C\C/C=C\C/C=C\CC. The molecule has 1 unspecified atom stereocenters. The Bertz CT molecular complexity index is 2030. The van der Waals surface area contributed by atoms with E-state index in [0.29, 0.717) is 19.3 Å². The van der Waals surface area contributed by atoms with E-state index in [4.69, 9.17) is 14.2 Å². The molecule has 0 aromatic heterocycles. The van der Waals surface area contributed by atoms with E-state index < -0.39 is 6.10 Å². The molecule has 6 heteroatoms. The molecule has 6 nitrogen and oxygen atoms in total. The molecule has 1 atom stereocenters. The van der Waals surface area contributed by atoms with Crippen LogP contribution in [-0.4, -0.2) is 37.2 Å². The number of carbonyl (C=O) groups is 3. The standard InChI is InChI=1S/C77H116O6/c1-4-7-10-13-16-19-22-25-28-30-32-34-36-37-38-39-41-42-44-46-49-52-55-58-61-64-67-70-76(79)82-73-74(72-81-75(78)69-66-63-60-57-54-51-48-27-24-21-18-15-12-9-6-3)83-77(80)71-68-65-62-59-56-53-50-47-45-43-40-35-33-31-29-26-23-20-17-14-11-8-5-2/h7-12,16-21,25-29,32-35,37-38,41-43,45,48,50,53-54,57,59,62,74H,4-6,13-15,22-24,30-31,36,39-40,44,46-47,49,51-52,55-56,58,60-61,63-73H2,1-3H3/b10-7-,11-8-,12-9-,19-16-,20-17-,21-18-,28-25-,29-26-,34-32-,35-33-,38-37-,42-41-,45-43-,48-27-,53-50-,57-54-,62-59-. The van der Waals surface area contributed by atoms with Gasteiger partial charge in [-0.15, -0.1) is 0 Å². The Kier molecular flexibility index (Phi) is 63.5. The molecule has 0 aliphatic carbocycles. The van der Waals surface area contributed by atoms with Gasteiger partial charge in [-0.25, -0.2) is 0 Å². The third-order valence-corrected chi connectivity index (χ3v) is 12.8. The van der Waals surface area contributed by atoms with E-state index in [-0.39, 0.29) is 44.0 Å². The van der Waals surface area contributed by atoms with Gasteiger partial charge in [0.15, 0.2) is 6.10 Å². The molecule has 0 aliphatic heterocycles. The van der Waals surface area contributed by atoms with Crippen LogP contribution >= 0.6 is 0 Å². The fraction of sp³-hybridized carbons (Fsp3) is 0.519. The summed E-state index contributed by atoms with van der Waals surface area (Å²) in [4.78, 5) is 38.3. The summed E-state index contributed by atoms with van der Waals surface area (Å²) in [6.45, 7) is 6.19. The maximum Gasteiger partial charge on any atom is 0.306 e. The second-order valence-electron chi connectivity index (χ2n) is 20.5. The monoisotopic (exact) mass is 1140 g/mol. The average Bonchev–Trinajstić information content (AvgIpc) is 3.49. The van der Waals surface area contributed by atoms with E-state index >= 15 is 0 Å². The lowest BCUT2D eigenvalue weighted by Gasteiger charge is -2.18. The van der Waals surface area contributed by atoms with Gasteiger partial charge in [0.25, 0.3) is 0 Å². The van der Waals surface area contributed by atoms with Crippen LogP contribution in [0.5, 0.6) is 0 Å². The van der Waals surface area contributed by atoms with Crippen LogP contribution in [0.15, 0.2) is 207 Å². The van der Waals surface area contributed by atoms with E-state index in [9.17, 15) is 14.4 Å². The third-order valence-electron chi connectivity index (χ3n) is 12.8. The second-order valence-corrected chi connectivity index (χ2v) is 20.5. The second kappa shape index (κ2) is 68.5. The van der Waals surface area contributed by atoms with Crippen molar-refractivity contribution in [1.29, 1.82) is 0 Å². The number of ether oxygens (including phenoxy) is 3. The van der Waals surface area contributed by atoms with Crippen molar-refractivity contribution in [3.8, 4) is 0 Å². The molecule has 0 aromatic carbocycles. The Hall–Kier alpha value is -6.01. The van der Waals surface area contributed by atoms with E-state index in [2.05, 4.69) is 227 Å². The molecule has 0 spiro atoms. The van der Waals surface area contributed by atoms with Crippen LogP contribution < -0.4 is 0 Å². The smallest absolute Gasteiger partial charge is 0.306 e. The van der Waals surface area contributed by atoms with Gasteiger partial charge < -0.3 is 14.2 Å². The number of unbranched alkanes of at least 4 members (excludes halogenated alkanes) is 11. The zero-order valence-corrected chi connectivity index (χ0v) is 52.6. The van der Waals surface area contributed by atoms with Crippen LogP contribution in [0.1, 0.15) is 239 Å². The lowest BCUT2D eigenvalue weighted by Crippen LogP contribution is -2.30. The highest BCUT2D eigenvalue weighted by Crippen LogP contribution is 2.13. The fourth-order valence-corrected chi connectivity index (χ4v) is 8.01. The summed E-state index contributed by atoms with van der Waals surface area (Å²) < 4.78 is 16.8. The Morgan fingerprint density at radius 2 is 0.446 bits per heavy atom. The molecule has 83 heavy (non-hydrogen) atoms. The van der Waals surface area contributed by atoms with E-state index in [1.165, 1.54) is 32.1 Å². The summed E-state index contributed by atoms with van der Waals surface area (Å²) in [7, 11) is 0. The minimum Gasteiger partial charge on any atom is -0.462 e. The molecular weight excluding hydrogens is 1020 g/mol. The van der Waals surface area contributed by atoms with Crippen LogP contribution in [0.25, 0.3) is 0 Å². The van der Waals surface area contributed by atoms with Crippen LogP contribution in [0, 0.1) is 0 Å². The predicted molar refractivity (Wildman–Crippen MR) is 361 cm³/mol. The van der Waals surface area contributed by atoms with Crippen LogP contribution in [-0.2, 0) is 28.6 Å². The van der Waals surface area contributed by atoms with Crippen molar-refractivity contribution in [2.24, 2.45) is 0 Å². The number of allylic oxidation sites excluding steroid dienone is 34. The molecule has 0 N–H and O–H groups in total. The summed E-state index contributed by atoms with van der Waals surface area (Å²) in [6.07, 6.45) is 106. The van der Waals surface area contributed by atoms with E-state index in [1.54, 1.807) is 0 Å². The first-order valence-corrected chi connectivity index (χ1v) is 32.6. The summed E-state index contributed by atoms with van der Waals surface area (Å²) >= 11 is 0. The van der Waals surface area contributed by atoms with Crippen molar-refractivity contribution in [3.63, 3.8) is 0 Å². The molecule has 0 aromatic rings. The molecule has 0 rings (SSSR count). The molecule has 0 bridgehead atoms. The number of rotatable bonds is 56. The molecule has 0 heterocycles. The van der Waals surface area contributed by atoms with Crippen LogP contribution in [0.2, 0.25) is 0 Å². The van der Waals surface area contributed by atoms with E-state index in [1.807, 2.05) is 0 Å². The molecule has 0 amide bonds. The minimum absolute atomic E-state index is 0.131. The maximum absolute atomic E-state index is 12.9. The van der Waals surface area contributed by atoms with Gasteiger partial charge in [0.05, 0.1) is 0 Å². The molecule has 0 saturated carbocycles. The minimum atomic E-state index is -0.845. The molecular formula is C77H116O6. The number of hydrogen-bond donors (Lipinski definition) is 0. The lowest BCUT2D eigenvalue weighted by molar-refractivity contribution is -0.167. The van der Waals surface area contributed by atoms with Crippen LogP contribution in [0.3, 0.4) is 0 Å². The highest BCUT2D eigenvalue weighted by atomic mass is 16.6.